The third kappa shape index (κ3) is 5.28. The number of nitrogens with zero attached hydrogens (tertiary/aromatic N) is 4. The number of rotatable bonds is 7. The van der Waals surface area contributed by atoms with Gasteiger partial charge in [0, 0.05) is 17.1 Å². The van der Waals surface area contributed by atoms with Gasteiger partial charge in [0.2, 0.25) is 0 Å². The summed E-state index contributed by atoms with van der Waals surface area (Å²) in [7, 11) is 2.02. The van der Waals surface area contributed by atoms with Crippen LogP contribution in [-0.2, 0) is 19.8 Å². The van der Waals surface area contributed by atoms with E-state index in [2.05, 4.69) is 17.0 Å². The van der Waals surface area contributed by atoms with E-state index in [-0.39, 0.29) is 5.82 Å². The number of hydrogen-bond donors (Lipinski definition) is 0. The van der Waals surface area contributed by atoms with E-state index in [4.69, 9.17) is 28.9 Å². The Morgan fingerprint density at radius 2 is 1.61 bits per heavy atom. The molecule has 0 unspecified atom stereocenters. The summed E-state index contributed by atoms with van der Waals surface area (Å²) in [6.07, 6.45) is 0. The minimum atomic E-state index is -0.279. The highest BCUT2D eigenvalue weighted by Crippen LogP contribution is 2.21. The molecule has 0 amide bonds. The predicted octanol–water partition coefficient (Wildman–Crippen LogP) is 6.01. The summed E-state index contributed by atoms with van der Waals surface area (Å²) < 4.78 is 17.9. The molecule has 31 heavy (non-hydrogen) atoms. The maximum atomic E-state index is 13.5. The van der Waals surface area contributed by atoms with Crippen molar-refractivity contribution in [2.24, 2.45) is 0 Å². The number of benzene rings is 3. The van der Waals surface area contributed by atoms with E-state index in [0.717, 1.165) is 28.3 Å². The quantitative estimate of drug-likeness (QED) is 0.321. The van der Waals surface area contributed by atoms with E-state index in [1.807, 2.05) is 58.8 Å². The lowest BCUT2D eigenvalue weighted by atomic mass is 10.2. The Hall–Kier alpha value is -2.80. The van der Waals surface area contributed by atoms with Gasteiger partial charge < -0.3 is 0 Å². The average molecular weight is 453 g/mol. The molecule has 0 N–H and O–H groups in total. The highest BCUT2D eigenvalue weighted by molar-refractivity contribution is 7.71. The van der Waals surface area contributed by atoms with Crippen molar-refractivity contribution in [2.75, 3.05) is 7.05 Å². The monoisotopic (exact) mass is 452 g/mol. The summed E-state index contributed by atoms with van der Waals surface area (Å²) in [5.41, 5.74) is 3.10. The first-order valence-corrected chi connectivity index (χ1v) is 10.7. The molecule has 0 fully saturated rings. The van der Waals surface area contributed by atoms with E-state index in [9.17, 15) is 4.39 Å². The molecule has 0 aliphatic rings. The van der Waals surface area contributed by atoms with Gasteiger partial charge >= 0.3 is 0 Å². The minimum absolute atomic E-state index is 0.279. The van der Waals surface area contributed by atoms with Crippen molar-refractivity contribution in [1.82, 2.24) is 19.2 Å². The smallest absolute Gasteiger partial charge is 0.199 e. The van der Waals surface area contributed by atoms with Crippen LogP contribution in [0.2, 0.25) is 5.02 Å². The third-order valence-corrected chi connectivity index (χ3v) is 5.63. The Morgan fingerprint density at radius 3 is 2.29 bits per heavy atom. The first kappa shape index (κ1) is 21.4. The van der Waals surface area contributed by atoms with Crippen molar-refractivity contribution in [2.45, 2.75) is 19.8 Å². The van der Waals surface area contributed by atoms with Crippen molar-refractivity contribution in [3.8, 4) is 11.4 Å². The van der Waals surface area contributed by atoms with E-state index in [1.165, 1.54) is 12.1 Å². The van der Waals surface area contributed by atoms with Crippen LogP contribution in [-0.4, -0.2) is 26.3 Å². The van der Waals surface area contributed by atoms with E-state index >= 15 is 0 Å². The lowest BCUT2D eigenvalue weighted by molar-refractivity contribution is 0.244. The maximum Gasteiger partial charge on any atom is 0.199 e. The topological polar surface area (TPSA) is 26.0 Å². The van der Waals surface area contributed by atoms with Crippen molar-refractivity contribution >= 4 is 23.8 Å². The molecule has 3 aromatic carbocycles. The summed E-state index contributed by atoms with van der Waals surface area (Å²) >= 11 is 11.8. The van der Waals surface area contributed by atoms with Crippen molar-refractivity contribution in [3.05, 3.63) is 106 Å². The summed E-state index contributed by atoms with van der Waals surface area (Å²) in [6, 6.07) is 24.2. The number of hydrogen-bond acceptors (Lipinski definition) is 3. The van der Waals surface area contributed by atoms with Gasteiger partial charge in [-0.2, -0.15) is 5.10 Å². The van der Waals surface area contributed by atoms with E-state index in [1.54, 1.807) is 12.1 Å². The lowest BCUT2D eigenvalue weighted by Gasteiger charge is -2.16. The van der Waals surface area contributed by atoms with Gasteiger partial charge in [0.1, 0.15) is 5.82 Å². The molecule has 158 valence electrons. The summed E-state index contributed by atoms with van der Waals surface area (Å²) in [4.78, 5) is 2.13. The van der Waals surface area contributed by atoms with Crippen molar-refractivity contribution in [3.63, 3.8) is 0 Å². The molecule has 0 saturated carbocycles. The average Bonchev–Trinajstić information content (AvgIpc) is 3.06. The maximum absolute atomic E-state index is 13.5. The fourth-order valence-corrected chi connectivity index (χ4v) is 3.81. The van der Waals surface area contributed by atoms with Gasteiger partial charge in [-0.15, -0.1) is 0 Å². The van der Waals surface area contributed by atoms with E-state index in [0.29, 0.717) is 23.8 Å². The molecule has 4 nitrogen and oxygen atoms in total. The second-order valence-electron chi connectivity index (χ2n) is 7.47. The molecule has 0 aliphatic carbocycles. The Labute approximate surface area is 191 Å². The van der Waals surface area contributed by atoms with Crippen LogP contribution in [0.5, 0.6) is 0 Å². The van der Waals surface area contributed by atoms with Crippen molar-refractivity contribution in [1.29, 1.82) is 0 Å². The highest BCUT2D eigenvalue weighted by Gasteiger charge is 2.15. The summed E-state index contributed by atoms with van der Waals surface area (Å²) in [5.74, 6) is 0.438. The Kier molecular flexibility index (Phi) is 6.61. The molecule has 7 heteroatoms. The van der Waals surface area contributed by atoms with Crippen molar-refractivity contribution < 1.29 is 4.39 Å². The Balaban J connectivity index is 1.64. The lowest BCUT2D eigenvalue weighted by Crippen LogP contribution is -2.22. The molecule has 0 atom stereocenters. The molecule has 4 aromatic rings. The Bertz CT molecular complexity index is 1200. The molecule has 1 heterocycles. The molecule has 0 bridgehead atoms. The van der Waals surface area contributed by atoms with Gasteiger partial charge in [0.05, 0.1) is 13.2 Å². The van der Waals surface area contributed by atoms with Gasteiger partial charge in [-0.05, 0) is 66.8 Å². The van der Waals surface area contributed by atoms with Gasteiger partial charge in [0.15, 0.2) is 10.6 Å². The van der Waals surface area contributed by atoms with Gasteiger partial charge in [-0.25, -0.2) is 9.07 Å². The normalized spacial score (nSPS) is 11.2. The first-order chi connectivity index (χ1) is 15.0. The molecule has 1 aromatic heterocycles. The van der Waals surface area contributed by atoms with Crippen LogP contribution < -0.4 is 0 Å². The molecule has 0 saturated heterocycles. The fourth-order valence-electron chi connectivity index (χ4n) is 3.43. The van der Waals surface area contributed by atoms with Crippen LogP contribution in [0.1, 0.15) is 11.1 Å². The van der Waals surface area contributed by atoms with Gasteiger partial charge in [-0.3, -0.25) is 9.47 Å². The molecule has 4 rings (SSSR count). The minimum Gasteiger partial charge on any atom is -0.295 e. The zero-order valence-electron chi connectivity index (χ0n) is 17.1. The second-order valence-corrected chi connectivity index (χ2v) is 8.27. The third-order valence-electron chi connectivity index (χ3n) is 4.95. The second kappa shape index (κ2) is 9.56. The SMILES string of the molecule is CN(Cc1ccc(Cl)cc1)Cn1nc(-c2ccc(F)cc2)n(Cc2ccccc2)c1=S. The Morgan fingerprint density at radius 1 is 0.935 bits per heavy atom. The molecule has 0 radical (unpaired) electrons. The van der Waals surface area contributed by atoms with Crippen LogP contribution in [0, 0.1) is 10.6 Å². The highest BCUT2D eigenvalue weighted by atomic mass is 35.5. The summed E-state index contributed by atoms with van der Waals surface area (Å²) in [6.45, 7) is 1.85. The van der Waals surface area contributed by atoms with Crippen LogP contribution in [0.3, 0.4) is 0 Å². The van der Waals surface area contributed by atoms with Crippen LogP contribution in [0.25, 0.3) is 11.4 Å². The first-order valence-electron chi connectivity index (χ1n) is 9.90. The van der Waals surface area contributed by atoms with Crippen LogP contribution in [0.15, 0.2) is 78.9 Å². The predicted molar refractivity (Wildman–Crippen MR) is 125 cm³/mol. The molecular formula is C24H22ClFN4S. The van der Waals surface area contributed by atoms with Gasteiger partial charge in [0.25, 0.3) is 0 Å². The number of aromatic nitrogens is 3. The fraction of sp³-hybridized carbons (Fsp3) is 0.167. The standard InChI is InChI=1S/C24H22ClFN4S/c1-28(15-19-7-11-21(25)12-8-19)17-30-24(31)29(16-18-5-3-2-4-6-18)23(27-30)20-9-13-22(26)14-10-20/h2-14H,15-17H2,1H3. The molecule has 0 aliphatic heterocycles. The van der Waals surface area contributed by atoms with Crippen LogP contribution in [0.4, 0.5) is 4.39 Å². The zero-order valence-corrected chi connectivity index (χ0v) is 18.7. The number of halogens is 2. The zero-order chi connectivity index (χ0) is 21.8. The van der Waals surface area contributed by atoms with Crippen LogP contribution >= 0.6 is 23.8 Å². The van der Waals surface area contributed by atoms with E-state index < -0.39 is 0 Å². The summed E-state index contributed by atoms with van der Waals surface area (Å²) in [5, 5.41) is 5.51. The molecule has 0 spiro atoms. The largest absolute Gasteiger partial charge is 0.295 e. The van der Waals surface area contributed by atoms with Gasteiger partial charge in [-0.1, -0.05) is 54.1 Å². The molecular weight excluding hydrogens is 431 g/mol.